The summed E-state index contributed by atoms with van der Waals surface area (Å²) in [6.45, 7) is 6.34. The molecule has 3 N–H and O–H groups in total. The minimum Gasteiger partial charge on any atom is -0.332 e. The van der Waals surface area contributed by atoms with Gasteiger partial charge in [-0.05, 0) is 65.2 Å². The highest BCUT2D eigenvalue weighted by atomic mass is 32.1. The Morgan fingerprint density at radius 2 is 1.56 bits per heavy atom. The maximum Gasteiger partial charge on any atom is 0.270 e. The van der Waals surface area contributed by atoms with Crippen molar-refractivity contribution in [3.05, 3.63) is 106 Å². The van der Waals surface area contributed by atoms with Crippen molar-refractivity contribution >= 4 is 52.3 Å². The van der Waals surface area contributed by atoms with Crippen molar-refractivity contribution in [2.75, 3.05) is 10.6 Å². The Morgan fingerprint density at radius 1 is 0.917 bits per heavy atom. The molecule has 8 nitrogen and oxygen atoms in total. The molecule has 0 aliphatic rings. The van der Waals surface area contributed by atoms with Crippen molar-refractivity contribution in [1.29, 1.82) is 0 Å². The van der Waals surface area contributed by atoms with Crippen LogP contribution in [0.1, 0.15) is 42.3 Å². The van der Waals surface area contributed by atoms with Crippen LogP contribution in [-0.4, -0.2) is 21.9 Å². The van der Waals surface area contributed by atoms with Crippen LogP contribution in [0.5, 0.6) is 0 Å². The molecule has 0 unspecified atom stereocenters. The van der Waals surface area contributed by atoms with Crippen molar-refractivity contribution in [2.45, 2.75) is 26.2 Å². The minimum atomic E-state index is -0.504. The van der Waals surface area contributed by atoms with E-state index in [1.165, 1.54) is 30.4 Å². The molecule has 0 saturated carbocycles. The van der Waals surface area contributed by atoms with E-state index in [9.17, 15) is 19.7 Å². The Balaban J connectivity index is 1.57. The zero-order valence-electron chi connectivity index (χ0n) is 20.1. The molecule has 0 radical (unpaired) electrons. The van der Waals surface area contributed by atoms with E-state index >= 15 is 0 Å². The van der Waals surface area contributed by atoms with Gasteiger partial charge in [0.1, 0.15) is 0 Å². The van der Waals surface area contributed by atoms with E-state index in [2.05, 4.69) is 36.7 Å². The Bertz CT molecular complexity index is 1330. The largest absolute Gasteiger partial charge is 0.332 e. The summed E-state index contributed by atoms with van der Waals surface area (Å²) in [4.78, 5) is 35.2. The Labute approximate surface area is 214 Å². The molecular weight excluding hydrogens is 476 g/mol. The minimum absolute atomic E-state index is 0.000930. The van der Waals surface area contributed by atoms with Gasteiger partial charge in [-0.15, -0.1) is 0 Å². The predicted octanol–water partition coefficient (Wildman–Crippen LogP) is 5.67. The average Bonchev–Trinajstić information content (AvgIpc) is 2.82. The average molecular weight is 503 g/mol. The van der Waals surface area contributed by atoms with Gasteiger partial charge in [-0.25, -0.2) is 0 Å². The van der Waals surface area contributed by atoms with Gasteiger partial charge in [0.25, 0.3) is 11.6 Å². The normalized spacial score (nSPS) is 11.1. The summed E-state index contributed by atoms with van der Waals surface area (Å²) >= 11 is 5.19. The first-order valence-corrected chi connectivity index (χ1v) is 11.5. The molecule has 0 fully saturated rings. The zero-order chi connectivity index (χ0) is 26.3. The number of carbonyl (C=O) groups is 2. The second kappa shape index (κ2) is 11.4. The molecule has 0 atom stereocenters. The van der Waals surface area contributed by atoms with E-state index in [1.807, 2.05) is 12.1 Å². The maximum absolute atomic E-state index is 12.6. The molecule has 3 aromatic carbocycles. The van der Waals surface area contributed by atoms with E-state index in [4.69, 9.17) is 12.2 Å². The van der Waals surface area contributed by atoms with Crippen LogP contribution in [0.25, 0.3) is 6.08 Å². The number of nitro groups is 1. The molecule has 36 heavy (non-hydrogen) atoms. The first-order valence-electron chi connectivity index (χ1n) is 11.1. The van der Waals surface area contributed by atoms with E-state index in [0.29, 0.717) is 22.5 Å². The highest BCUT2D eigenvalue weighted by Gasteiger charge is 2.14. The van der Waals surface area contributed by atoms with Crippen molar-refractivity contribution in [2.24, 2.45) is 0 Å². The molecule has 184 valence electrons. The second-order valence-electron chi connectivity index (χ2n) is 8.99. The van der Waals surface area contributed by atoms with Gasteiger partial charge in [-0.2, -0.15) is 0 Å². The summed E-state index contributed by atoms with van der Waals surface area (Å²) in [5.74, 6) is -0.739. The first kappa shape index (κ1) is 26.2. The number of nitrogens with zero attached hydrogens (tertiary/aromatic N) is 1. The lowest BCUT2D eigenvalue weighted by molar-refractivity contribution is -0.384. The monoisotopic (exact) mass is 502 g/mol. The second-order valence-corrected chi connectivity index (χ2v) is 9.40. The SMILES string of the molecule is CC(C)(C)c1ccc(C(=O)Nc2cccc(NC(=S)NC(=O)/C=C/c3cccc([N+](=O)[O-])c3)c2)cc1. The summed E-state index contributed by atoms with van der Waals surface area (Å²) < 4.78 is 0. The Kier molecular flexibility index (Phi) is 8.29. The molecule has 3 aromatic rings. The molecule has 0 saturated heterocycles. The number of benzene rings is 3. The van der Waals surface area contributed by atoms with Gasteiger partial charge in [0.05, 0.1) is 4.92 Å². The van der Waals surface area contributed by atoms with E-state index in [1.54, 1.807) is 42.5 Å². The van der Waals surface area contributed by atoms with E-state index < -0.39 is 10.8 Å². The fourth-order valence-electron chi connectivity index (χ4n) is 3.23. The molecule has 0 heterocycles. The number of non-ortho nitro benzene ring substituents is 1. The van der Waals surface area contributed by atoms with Crippen LogP contribution in [-0.2, 0) is 10.2 Å². The summed E-state index contributed by atoms with van der Waals surface area (Å²) in [7, 11) is 0. The van der Waals surface area contributed by atoms with Gasteiger partial charge in [0, 0.05) is 35.1 Å². The number of hydrogen-bond acceptors (Lipinski definition) is 5. The number of rotatable bonds is 6. The van der Waals surface area contributed by atoms with Gasteiger partial charge >= 0.3 is 0 Å². The number of thiocarbonyl (C=S) groups is 1. The molecule has 2 amide bonds. The number of amides is 2. The number of hydrogen-bond donors (Lipinski definition) is 3. The molecule has 0 spiro atoms. The van der Waals surface area contributed by atoms with Crippen molar-refractivity contribution in [3.63, 3.8) is 0 Å². The summed E-state index contributed by atoms with van der Waals surface area (Å²) in [5, 5.41) is 19.2. The van der Waals surface area contributed by atoms with Crippen LogP contribution in [0.3, 0.4) is 0 Å². The van der Waals surface area contributed by atoms with Crippen molar-refractivity contribution in [1.82, 2.24) is 5.32 Å². The van der Waals surface area contributed by atoms with Crippen LogP contribution >= 0.6 is 12.2 Å². The van der Waals surface area contributed by atoms with Gasteiger partial charge in [0.15, 0.2) is 5.11 Å². The van der Waals surface area contributed by atoms with Crippen LogP contribution < -0.4 is 16.0 Å². The number of nitrogens with one attached hydrogen (secondary N) is 3. The Hall–Kier alpha value is -4.37. The molecule has 3 rings (SSSR count). The van der Waals surface area contributed by atoms with Crippen LogP contribution in [0.2, 0.25) is 0 Å². The quantitative estimate of drug-likeness (QED) is 0.173. The van der Waals surface area contributed by atoms with Gasteiger partial charge in [0.2, 0.25) is 5.91 Å². The Morgan fingerprint density at radius 3 is 2.19 bits per heavy atom. The first-order chi connectivity index (χ1) is 17.0. The fraction of sp³-hybridized carbons (Fsp3) is 0.148. The maximum atomic E-state index is 12.6. The molecule has 0 aromatic heterocycles. The molecule has 0 bridgehead atoms. The van der Waals surface area contributed by atoms with Crippen molar-refractivity contribution in [3.8, 4) is 0 Å². The molecular formula is C27H26N4O4S. The zero-order valence-corrected chi connectivity index (χ0v) is 20.9. The highest BCUT2D eigenvalue weighted by molar-refractivity contribution is 7.80. The van der Waals surface area contributed by atoms with Crippen LogP contribution in [0.4, 0.5) is 17.1 Å². The van der Waals surface area contributed by atoms with E-state index in [-0.39, 0.29) is 22.1 Å². The molecule has 0 aliphatic heterocycles. The summed E-state index contributed by atoms with van der Waals surface area (Å²) in [5.41, 5.74) is 3.26. The van der Waals surface area contributed by atoms with Gasteiger partial charge < -0.3 is 10.6 Å². The lowest BCUT2D eigenvalue weighted by Gasteiger charge is -2.19. The van der Waals surface area contributed by atoms with Crippen LogP contribution in [0, 0.1) is 10.1 Å². The summed E-state index contributed by atoms with van der Waals surface area (Å²) in [6.07, 6.45) is 2.68. The highest BCUT2D eigenvalue weighted by Crippen LogP contribution is 2.23. The third kappa shape index (κ3) is 7.57. The predicted molar refractivity (Wildman–Crippen MR) is 146 cm³/mol. The summed E-state index contributed by atoms with van der Waals surface area (Å²) in [6, 6.07) is 20.3. The number of carbonyl (C=O) groups excluding carboxylic acids is 2. The lowest BCUT2D eigenvalue weighted by atomic mass is 9.87. The fourth-order valence-corrected chi connectivity index (χ4v) is 3.45. The standard InChI is InChI=1S/C27H26N4O4S/c1-27(2,3)20-13-11-19(12-14-20)25(33)28-21-7-5-8-22(17-21)29-26(36)30-24(32)15-10-18-6-4-9-23(16-18)31(34)35/h4-17H,1-3H3,(H,28,33)(H2,29,30,32,36)/b15-10+. The number of anilines is 2. The third-order valence-corrected chi connectivity index (χ3v) is 5.34. The molecule has 9 heteroatoms. The lowest BCUT2D eigenvalue weighted by Crippen LogP contribution is -2.32. The van der Waals surface area contributed by atoms with Crippen LogP contribution in [0.15, 0.2) is 78.9 Å². The smallest absolute Gasteiger partial charge is 0.270 e. The molecule has 0 aliphatic carbocycles. The van der Waals surface area contributed by atoms with Gasteiger partial charge in [-0.1, -0.05) is 51.1 Å². The topological polar surface area (TPSA) is 113 Å². The van der Waals surface area contributed by atoms with E-state index in [0.717, 1.165) is 5.56 Å². The third-order valence-electron chi connectivity index (χ3n) is 5.14. The number of nitro benzene ring substituents is 1. The van der Waals surface area contributed by atoms with Crippen molar-refractivity contribution < 1.29 is 14.5 Å². The van der Waals surface area contributed by atoms with Gasteiger partial charge in [-0.3, -0.25) is 25.0 Å².